The van der Waals surface area contributed by atoms with Crippen LogP contribution in [0.3, 0.4) is 0 Å². The summed E-state index contributed by atoms with van der Waals surface area (Å²) in [5, 5.41) is 1.45. The van der Waals surface area contributed by atoms with Crippen molar-refractivity contribution in [3.05, 3.63) is 69.7 Å². The van der Waals surface area contributed by atoms with Crippen LogP contribution in [0, 0.1) is 0 Å². The molecule has 0 amide bonds. The smallest absolute Gasteiger partial charge is 0.0452 e. The van der Waals surface area contributed by atoms with Gasteiger partial charge >= 0.3 is 0 Å². The first-order chi connectivity index (χ1) is 9.69. The zero-order chi connectivity index (χ0) is 14.4. The van der Waals surface area contributed by atoms with Gasteiger partial charge in [-0.1, -0.05) is 53.5 Å². The van der Waals surface area contributed by atoms with E-state index in [1.807, 2.05) is 30.3 Å². The third-order valence-electron chi connectivity index (χ3n) is 3.10. The van der Waals surface area contributed by atoms with Crippen molar-refractivity contribution in [2.75, 3.05) is 13.1 Å². The Hall–Kier alpha value is -1.06. The van der Waals surface area contributed by atoms with E-state index < -0.39 is 0 Å². The van der Waals surface area contributed by atoms with Crippen LogP contribution in [0.4, 0.5) is 0 Å². The third kappa shape index (κ3) is 4.50. The predicted octanol–water partition coefficient (Wildman–Crippen LogP) is 3.95. The topological polar surface area (TPSA) is 29.3 Å². The molecule has 0 heterocycles. The van der Waals surface area contributed by atoms with Crippen LogP contribution < -0.4 is 5.73 Å². The highest BCUT2D eigenvalue weighted by Crippen LogP contribution is 2.22. The normalized spacial score (nSPS) is 11.0. The van der Waals surface area contributed by atoms with Crippen LogP contribution in [-0.2, 0) is 13.1 Å². The summed E-state index contributed by atoms with van der Waals surface area (Å²) in [4.78, 5) is 2.27. The average Bonchev–Trinajstić information content (AvgIpc) is 2.44. The summed E-state index contributed by atoms with van der Waals surface area (Å²) in [7, 11) is 0. The monoisotopic (exact) mass is 308 g/mol. The summed E-state index contributed by atoms with van der Waals surface area (Å²) in [6.45, 7) is 3.02. The van der Waals surface area contributed by atoms with Crippen molar-refractivity contribution in [1.82, 2.24) is 4.90 Å². The molecule has 0 aromatic heterocycles. The number of rotatable bonds is 6. The van der Waals surface area contributed by atoms with Gasteiger partial charge in [-0.05, 0) is 29.3 Å². The van der Waals surface area contributed by atoms with Crippen LogP contribution in [0.5, 0.6) is 0 Å². The molecule has 0 saturated carbocycles. The molecule has 2 aromatic rings. The van der Waals surface area contributed by atoms with Gasteiger partial charge in [-0.3, -0.25) is 4.90 Å². The molecule has 0 atom stereocenters. The van der Waals surface area contributed by atoms with Gasteiger partial charge in [-0.2, -0.15) is 0 Å². The van der Waals surface area contributed by atoms with E-state index in [9.17, 15) is 0 Å². The first-order valence-corrected chi connectivity index (χ1v) is 7.35. The maximum atomic E-state index is 6.23. The lowest BCUT2D eigenvalue weighted by Gasteiger charge is -2.22. The lowest BCUT2D eigenvalue weighted by atomic mass is 10.1. The minimum atomic E-state index is 0.616. The first-order valence-electron chi connectivity index (χ1n) is 6.59. The Morgan fingerprint density at radius 2 is 1.70 bits per heavy atom. The number of nitrogens with two attached hydrogens (primary N) is 1. The Balaban J connectivity index is 2.11. The van der Waals surface area contributed by atoms with E-state index in [1.165, 1.54) is 5.56 Å². The lowest BCUT2D eigenvalue weighted by molar-refractivity contribution is 0.264. The molecule has 0 radical (unpaired) electrons. The maximum Gasteiger partial charge on any atom is 0.0452 e. The molecule has 0 spiro atoms. The Kier molecular flexibility index (Phi) is 5.86. The van der Waals surface area contributed by atoms with Crippen molar-refractivity contribution in [1.29, 1.82) is 0 Å². The minimum absolute atomic E-state index is 0.616. The van der Waals surface area contributed by atoms with E-state index in [2.05, 4.69) is 17.0 Å². The standard InChI is InChI=1S/C16H18Cl2N2/c17-15-6-7-16(18)14(10-15)12-20(9-8-19)11-13-4-2-1-3-5-13/h1-7,10H,8-9,11-12,19H2. The molecule has 0 aliphatic carbocycles. The van der Waals surface area contributed by atoms with Gasteiger partial charge in [0, 0.05) is 36.2 Å². The minimum Gasteiger partial charge on any atom is -0.329 e. The summed E-state index contributed by atoms with van der Waals surface area (Å²) in [5.74, 6) is 0. The van der Waals surface area contributed by atoms with Gasteiger partial charge in [-0.25, -0.2) is 0 Å². The summed E-state index contributed by atoms with van der Waals surface area (Å²) in [6, 6.07) is 15.9. The largest absolute Gasteiger partial charge is 0.329 e. The van der Waals surface area contributed by atoms with Crippen molar-refractivity contribution in [2.24, 2.45) is 5.73 Å². The molecular formula is C16H18Cl2N2. The number of halogens is 2. The van der Waals surface area contributed by atoms with Crippen molar-refractivity contribution in [3.8, 4) is 0 Å². The SMILES string of the molecule is NCCN(Cc1ccccc1)Cc1cc(Cl)ccc1Cl. The fourth-order valence-corrected chi connectivity index (χ4v) is 2.52. The molecule has 2 N–H and O–H groups in total. The molecule has 0 saturated heterocycles. The second-order valence-corrected chi connectivity index (χ2v) is 5.56. The molecule has 4 heteroatoms. The highest BCUT2D eigenvalue weighted by Gasteiger charge is 2.09. The Bertz CT molecular complexity index is 543. The number of hydrogen-bond acceptors (Lipinski definition) is 2. The number of nitrogens with zero attached hydrogens (tertiary/aromatic N) is 1. The summed E-state index contributed by atoms with van der Waals surface area (Å²) >= 11 is 12.3. The van der Waals surface area contributed by atoms with Crippen LogP contribution in [0.1, 0.15) is 11.1 Å². The lowest BCUT2D eigenvalue weighted by Crippen LogP contribution is -2.28. The van der Waals surface area contributed by atoms with Crippen molar-refractivity contribution in [2.45, 2.75) is 13.1 Å². The number of benzene rings is 2. The maximum absolute atomic E-state index is 6.23. The van der Waals surface area contributed by atoms with Crippen LogP contribution in [0.15, 0.2) is 48.5 Å². The second kappa shape index (κ2) is 7.65. The summed E-state index contributed by atoms with van der Waals surface area (Å²) in [6.07, 6.45) is 0. The van der Waals surface area contributed by atoms with Gasteiger partial charge in [0.25, 0.3) is 0 Å². The fraction of sp³-hybridized carbons (Fsp3) is 0.250. The molecular weight excluding hydrogens is 291 g/mol. The van der Waals surface area contributed by atoms with Gasteiger partial charge in [0.2, 0.25) is 0 Å². The molecule has 20 heavy (non-hydrogen) atoms. The Morgan fingerprint density at radius 1 is 0.950 bits per heavy atom. The van der Waals surface area contributed by atoms with Gasteiger partial charge in [0.1, 0.15) is 0 Å². The zero-order valence-corrected chi connectivity index (χ0v) is 12.7. The van der Waals surface area contributed by atoms with Crippen LogP contribution in [0.25, 0.3) is 0 Å². The van der Waals surface area contributed by atoms with E-state index in [1.54, 1.807) is 6.07 Å². The van der Waals surface area contributed by atoms with E-state index in [-0.39, 0.29) is 0 Å². The fourth-order valence-electron chi connectivity index (χ4n) is 2.14. The second-order valence-electron chi connectivity index (χ2n) is 4.72. The highest BCUT2D eigenvalue weighted by molar-refractivity contribution is 6.33. The van der Waals surface area contributed by atoms with Gasteiger partial charge < -0.3 is 5.73 Å². The van der Waals surface area contributed by atoms with Crippen molar-refractivity contribution >= 4 is 23.2 Å². The Labute approximate surface area is 130 Å². The van der Waals surface area contributed by atoms with Gasteiger partial charge in [0.05, 0.1) is 0 Å². The third-order valence-corrected chi connectivity index (χ3v) is 3.70. The zero-order valence-electron chi connectivity index (χ0n) is 11.2. The average molecular weight is 309 g/mol. The molecule has 0 aliphatic heterocycles. The summed E-state index contributed by atoms with van der Waals surface area (Å²) in [5.41, 5.74) is 8.00. The molecule has 0 aliphatic rings. The predicted molar refractivity (Wildman–Crippen MR) is 86.1 cm³/mol. The quantitative estimate of drug-likeness (QED) is 0.875. The van der Waals surface area contributed by atoms with Crippen LogP contribution in [-0.4, -0.2) is 18.0 Å². The van der Waals surface area contributed by atoms with Crippen molar-refractivity contribution < 1.29 is 0 Å². The molecule has 0 fully saturated rings. The molecule has 0 unspecified atom stereocenters. The Morgan fingerprint density at radius 3 is 2.40 bits per heavy atom. The molecule has 0 bridgehead atoms. The van der Waals surface area contributed by atoms with Crippen LogP contribution >= 0.6 is 23.2 Å². The van der Waals surface area contributed by atoms with E-state index in [4.69, 9.17) is 28.9 Å². The number of hydrogen-bond donors (Lipinski definition) is 1. The van der Waals surface area contributed by atoms with E-state index in [0.717, 1.165) is 30.2 Å². The molecule has 106 valence electrons. The van der Waals surface area contributed by atoms with Crippen LogP contribution in [0.2, 0.25) is 10.0 Å². The van der Waals surface area contributed by atoms with Gasteiger partial charge in [0.15, 0.2) is 0 Å². The van der Waals surface area contributed by atoms with E-state index >= 15 is 0 Å². The molecule has 2 rings (SSSR count). The van der Waals surface area contributed by atoms with E-state index in [0.29, 0.717) is 11.6 Å². The highest BCUT2D eigenvalue weighted by atomic mass is 35.5. The molecule has 2 nitrogen and oxygen atoms in total. The molecule has 2 aromatic carbocycles. The van der Waals surface area contributed by atoms with Gasteiger partial charge in [-0.15, -0.1) is 0 Å². The summed E-state index contributed by atoms with van der Waals surface area (Å²) < 4.78 is 0. The van der Waals surface area contributed by atoms with Crippen molar-refractivity contribution in [3.63, 3.8) is 0 Å². The first kappa shape index (κ1) is 15.3.